The van der Waals surface area contributed by atoms with Crippen LogP contribution in [0.2, 0.25) is 0 Å². The van der Waals surface area contributed by atoms with E-state index in [1.807, 2.05) is 48.5 Å². The number of carbonyl (C=O) groups is 1. The Labute approximate surface area is 134 Å². The first-order chi connectivity index (χ1) is 9.15. The van der Waals surface area contributed by atoms with Crippen molar-refractivity contribution in [2.24, 2.45) is 0 Å². The van der Waals surface area contributed by atoms with Gasteiger partial charge in [0.15, 0.2) is 0 Å². The maximum absolute atomic E-state index is 11.9. The molecule has 2 aromatic rings. The lowest BCUT2D eigenvalue weighted by atomic mass is 10.1. The standard InChI is InChI=1S/C15H12Br2OS/c16-12-7-5-11(6-8-12)9-13(18)10-19-15-4-2-1-3-14(15)17/h1-8H,9-10H2. The first-order valence-electron chi connectivity index (χ1n) is 5.78. The average Bonchev–Trinajstić information content (AvgIpc) is 2.40. The molecule has 0 atom stereocenters. The van der Waals surface area contributed by atoms with Crippen molar-refractivity contribution in [1.82, 2.24) is 0 Å². The molecule has 0 aliphatic rings. The van der Waals surface area contributed by atoms with Gasteiger partial charge in [0, 0.05) is 20.3 Å². The summed E-state index contributed by atoms with van der Waals surface area (Å²) in [4.78, 5) is 13.0. The van der Waals surface area contributed by atoms with Crippen LogP contribution in [0.1, 0.15) is 5.56 Å². The number of benzene rings is 2. The van der Waals surface area contributed by atoms with Gasteiger partial charge >= 0.3 is 0 Å². The SMILES string of the molecule is O=C(CSc1ccccc1Br)Cc1ccc(Br)cc1. The van der Waals surface area contributed by atoms with Gasteiger partial charge < -0.3 is 0 Å². The van der Waals surface area contributed by atoms with Crippen LogP contribution in [0.4, 0.5) is 0 Å². The highest BCUT2D eigenvalue weighted by Gasteiger charge is 2.06. The van der Waals surface area contributed by atoms with Gasteiger partial charge in [-0.2, -0.15) is 0 Å². The number of halogens is 2. The number of carbonyl (C=O) groups excluding carboxylic acids is 1. The van der Waals surface area contributed by atoms with E-state index in [1.54, 1.807) is 11.8 Å². The number of hydrogen-bond acceptors (Lipinski definition) is 2. The van der Waals surface area contributed by atoms with Crippen LogP contribution in [0.15, 0.2) is 62.4 Å². The molecule has 0 spiro atoms. The molecule has 1 nitrogen and oxygen atoms in total. The van der Waals surface area contributed by atoms with E-state index in [-0.39, 0.29) is 5.78 Å². The second-order valence-electron chi connectivity index (χ2n) is 4.06. The topological polar surface area (TPSA) is 17.1 Å². The number of thioether (sulfide) groups is 1. The Morgan fingerprint density at radius 1 is 1.00 bits per heavy atom. The van der Waals surface area contributed by atoms with Crippen molar-refractivity contribution < 1.29 is 4.79 Å². The minimum absolute atomic E-state index is 0.239. The molecule has 0 heterocycles. The number of ketones is 1. The summed E-state index contributed by atoms with van der Waals surface area (Å²) in [5, 5.41) is 0. The predicted octanol–water partition coefficient (Wildman–Crippen LogP) is 5.12. The minimum Gasteiger partial charge on any atom is -0.298 e. The lowest BCUT2D eigenvalue weighted by Gasteiger charge is -2.04. The van der Waals surface area contributed by atoms with Crippen LogP contribution in [0, 0.1) is 0 Å². The summed E-state index contributed by atoms with van der Waals surface area (Å²) in [5.41, 5.74) is 1.06. The highest BCUT2D eigenvalue weighted by molar-refractivity contribution is 9.10. The number of hydrogen-bond donors (Lipinski definition) is 0. The molecule has 0 aromatic heterocycles. The van der Waals surface area contributed by atoms with E-state index < -0.39 is 0 Å². The molecule has 0 aliphatic carbocycles. The van der Waals surface area contributed by atoms with Gasteiger partial charge in [-0.05, 0) is 45.8 Å². The van der Waals surface area contributed by atoms with Gasteiger partial charge in [-0.15, -0.1) is 11.8 Å². The van der Waals surface area contributed by atoms with Crippen LogP contribution in [0.25, 0.3) is 0 Å². The third-order valence-corrected chi connectivity index (χ3v) is 5.16. The maximum Gasteiger partial charge on any atom is 0.147 e. The van der Waals surface area contributed by atoms with Crippen LogP contribution >= 0.6 is 43.6 Å². The van der Waals surface area contributed by atoms with Crippen molar-refractivity contribution in [3.63, 3.8) is 0 Å². The van der Waals surface area contributed by atoms with Crippen LogP contribution < -0.4 is 0 Å². The fourth-order valence-corrected chi connectivity index (χ4v) is 3.29. The second kappa shape index (κ2) is 7.27. The highest BCUT2D eigenvalue weighted by atomic mass is 79.9. The van der Waals surface area contributed by atoms with Gasteiger partial charge in [-0.1, -0.05) is 40.2 Å². The molecular weight excluding hydrogens is 388 g/mol. The molecule has 0 bridgehead atoms. The van der Waals surface area contributed by atoms with E-state index in [0.29, 0.717) is 12.2 Å². The Morgan fingerprint density at radius 3 is 2.37 bits per heavy atom. The quantitative estimate of drug-likeness (QED) is 0.649. The molecule has 19 heavy (non-hydrogen) atoms. The van der Waals surface area contributed by atoms with Crippen LogP contribution in [-0.2, 0) is 11.2 Å². The lowest BCUT2D eigenvalue weighted by molar-refractivity contribution is -0.116. The highest BCUT2D eigenvalue weighted by Crippen LogP contribution is 2.27. The summed E-state index contributed by atoms with van der Waals surface area (Å²) in [5.74, 6) is 0.738. The van der Waals surface area contributed by atoms with Crippen LogP contribution in [0.5, 0.6) is 0 Å². The first kappa shape index (κ1) is 14.8. The largest absolute Gasteiger partial charge is 0.298 e. The Balaban J connectivity index is 1.88. The normalized spacial score (nSPS) is 10.4. The molecule has 4 heteroatoms. The fraction of sp³-hybridized carbons (Fsp3) is 0.133. The molecule has 0 N–H and O–H groups in total. The summed E-state index contributed by atoms with van der Waals surface area (Å²) >= 11 is 8.44. The minimum atomic E-state index is 0.239. The van der Waals surface area contributed by atoms with Gasteiger partial charge in [-0.3, -0.25) is 4.79 Å². The van der Waals surface area contributed by atoms with Crippen molar-refractivity contribution in [3.05, 3.63) is 63.0 Å². The number of rotatable bonds is 5. The summed E-state index contributed by atoms with van der Waals surface area (Å²) < 4.78 is 2.07. The molecule has 0 aliphatic heterocycles. The van der Waals surface area contributed by atoms with Crippen molar-refractivity contribution >= 4 is 49.4 Å². The molecule has 0 radical (unpaired) electrons. The third kappa shape index (κ3) is 4.79. The first-order valence-corrected chi connectivity index (χ1v) is 8.36. The Bertz CT molecular complexity index is 567. The Morgan fingerprint density at radius 2 is 1.68 bits per heavy atom. The summed E-state index contributed by atoms with van der Waals surface area (Å²) in [6.45, 7) is 0. The Kier molecular flexibility index (Phi) is 5.67. The van der Waals surface area contributed by atoms with E-state index >= 15 is 0 Å². The third-order valence-electron chi connectivity index (χ3n) is 2.54. The second-order valence-corrected chi connectivity index (χ2v) is 6.85. The zero-order valence-electron chi connectivity index (χ0n) is 10.1. The van der Waals surface area contributed by atoms with Crippen molar-refractivity contribution in [2.45, 2.75) is 11.3 Å². The van der Waals surface area contributed by atoms with Gasteiger partial charge in [0.1, 0.15) is 5.78 Å². The molecule has 0 unspecified atom stereocenters. The number of Topliss-reactive ketones (excluding diaryl/α,β-unsaturated/α-hetero) is 1. The van der Waals surface area contributed by atoms with Gasteiger partial charge in [0.25, 0.3) is 0 Å². The molecule has 0 saturated carbocycles. The van der Waals surface area contributed by atoms with Crippen molar-refractivity contribution in [3.8, 4) is 0 Å². The predicted molar refractivity (Wildman–Crippen MR) is 87.7 cm³/mol. The summed E-state index contributed by atoms with van der Waals surface area (Å²) in [7, 11) is 0. The summed E-state index contributed by atoms with van der Waals surface area (Å²) in [6.07, 6.45) is 0.491. The van der Waals surface area contributed by atoms with Crippen LogP contribution in [0.3, 0.4) is 0 Å². The van der Waals surface area contributed by atoms with Gasteiger partial charge in [0.2, 0.25) is 0 Å². The van der Waals surface area contributed by atoms with E-state index in [0.717, 1.165) is 19.4 Å². The molecule has 2 rings (SSSR count). The van der Waals surface area contributed by atoms with E-state index in [9.17, 15) is 4.79 Å². The van der Waals surface area contributed by atoms with Gasteiger partial charge in [0.05, 0.1) is 5.75 Å². The lowest BCUT2D eigenvalue weighted by Crippen LogP contribution is -2.05. The van der Waals surface area contributed by atoms with Crippen LogP contribution in [-0.4, -0.2) is 11.5 Å². The van der Waals surface area contributed by atoms with E-state index in [4.69, 9.17) is 0 Å². The fourth-order valence-electron chi connectivity index (χ4n) is 1.60. The molecule has 0 fully saturated rings. The average molecular weight is 400 g/mol. The zero-order valence-corrected chi connectivity index (χ0v) is 14.1. The van der Waals surface area contributed by atoms with E-state index in [1.165, 1.54) is 0 Å². The molecule has 2 aromatic carbocycles. The maximum atomic E-state index is 11.9. The molecule has 0 saturated heterocycles. The molecular formula is C15H12Br2OS. The van der Waals surface area contributed by atoms with Gasteiger partial charge in [-0.25, -0.2) is 0 Å². The molecule has 98 valence electrons. The Hall–Kier alpha value is -0.580. The van der Waals surface area contributed by atoms with Crippen molar-refractivity contribution in [1.29, 1.82) is 0 Å². The zero-order chi connectivity index (χ0) is 13.7. The monoisotopic (exact) mass is 398 g/mol. The summed E-state index contributed by atoms with van der Waals surface area (Å²) in [6, 6.07) is 15.8. The van der Waals surface area contributed by atoms with E-state index in [2.05, 4.69) is 31.9 Å². The molecule has 0 amide bonds. The van der Waals surface area contributed by atoms with Crippen molar-refractivity contribution in [2.75, 3.05) is 5.75 Å². The smallest absolute Gasteiger partial charge is 0.147 e.